The molecular formula is C16H20ClF3N2O2S. The summed E-state index contributed by atoms with van der Waals surface area (Å²) in [6.07, 6.45) is -0.675. The zero-order chi connectivity index (χ0) is 18.2. The molecule has 0 spiro atoms. The van der Waals surface area contributed by atoms with E-state index >= 15 is 0 Å². The summed E-state index contributed by atoms with van der Waals surface area (Å²) < 4.78 is 64.8. The van der Waals surface area contributed by atoms with Gasteiger partial charge in [-0.2, -0.15) is 17.5 Å². The van der Waals surface area contributed by atoms with Crippen molar-refractivity contribution in [3.05, 3.63) is 28.8 Å². The quantitative estimate of drug-likeness (QED) is 0.828. The maximum atomic E-state index is 12.7. The highest BCUT2D eigenvalue weighted by atomic mass is 35.5. The Hall–Kier alpha value is -0.830. The van der Waals surface area contributed by atoms with Crippen molar-refractivity contribution < 1.29 is 21.6 Å². The summed E-state index contributed by atoms with van der Waals surface area (Å²) in [5, 5.41) is 3.06. The van der Waals surface area contributed by atoms with Crippen LogP contribution in [0.25, 0.3) is 0 Å². The van der Waals surface area contributed by atoms with E-state index in [2.05, 4.69) is 5.32 Å². The maximum absolute atomic E-state index is 12.7. The van der Waals surface area contributed by atoms with Crippen LogP contribution in [0.3, 0.4) is 0 Å². The van der Waals surface area contributed by atoms with E-state index in [4.69, 9.17) is 11.6 Å². The second kappa shape index (κ2) is 7.06. The average molecular weight is 397 g/mol. The number of benzene rings is 1. The number of alkyl halides is 3. The standard InChI is InChI=1S/C16H20ClF3N2O2S/c17-14-9-12(16(18,19)20)3-4-15(14)25(23,24)22-7-5-13(6-8-22)21-10-11-1-2-11/h3-4,9,11,13,21H,1-2,5-8,10H2. The second-order valence-corrected chi connectivity index (χ2v) is 8.99. The summed E-state index contributed by atoms with van der Waals surface area (Å²) in [7, 11) is -3.89. The number of rotatable bonds is 5. The van der Waals surface area contributed by atoms with E-state index < -0.39 is 26.8 Å². The first-order valence-corrected chi connectivity index (χ1v) is 10.1. The number of piperidine rings is 1. The van der Waals surface area contributed by atoms with Crippen LogP contribution in [0.4, 0.5) is 13.2 Å². The Balaban J connectivity index is 1.67. The van der Waals surface area contributed by atoms with E-state index in [9.17, 15) is 21.6 Å². The molecular weight excluding hydrogens is 377 g/mol. The maximum Gasteiger partial charge on any atom is 0.416 e. The van der Waals surface area contributed by atoms with Crippen LogP contribution in [0.5, 0.6) is 0 Å². The van der Waals surface area contributed by atoms with Crippen molar-refractivity contribution in [3.8, 4) is 0 Å². The van der Waals surface area contributed by atoms with Crippen molar-refractivity contribution in [1.82, 2.24) is 9.62 Å². The molecule has 9 heteroatoms. The molecule has 1 saturated heterocycles. The summed E-state index contributed by atoms with van der Waals surface area (Å²) in [4.78, 5) is -0.272. The molecule has 0 amide bonds. The van der Waals surface area contributed by atoms with Gasteiger partial charge in [0.25, 0.3) is 0 Å². The summed E-state index contributed by atoms with van der Waals surface area (Å²) in [5.74, 6) is 0.757. The Morgan fingerprint density at radius 1 is 1.16 bits per heavy atom. The fourth-order valence-corrected chi connectivity index (χ4v) is 4.97. The smallest absolute Gasteiger partial charge is 0.314 e. The van der Waals surface area contributed by atoms with Crippen LogP contribution in [-0.4, -0.2) is 38.4 Å². The molecule has 0 aromatic heterocycles. The SMILES string of the molecule is O=S(=O)(c1ccc(C(F)(F)F)cc1Cl)N1CCC(NCC2CC2)CC1. The lowest BCUT2D eigenvalue weighted by molar-refractivity contribution is -0.137. The molecule has 3 rings (SSSR count). The van der Waals surface area contributed by atoms with E-state index in [1.54, 1.807) is 0 Å². The molecule has 1 aromatic carbocycles. The molecule has 25 heavy (non-hydrogen) atoms. The van der Waals surface area contributed by atoms with Crippen molar-refractivity contribution in [2.45, 2.75) is 42.8 Å². The summed E-state index contributed by atoms with van der Waals surface area (Å²) in [5.41, 5.74) is -0.959. The Bertz CT molecular complexity index is 727. The van der Waals surface area contributed by atoms with Crippen LogP contribution in [-0.2, 0) is 16.2 Å². The summed E-state index contributed by atoms with van der Waals surface area (Å²) >= 11 is 5.84. The van der Waals surface area contributed by atoms with Crippen molar-refractivity contribution in [2.24, 2.45) is 5.92 Å². The minimum absolute atomic E-state index is 0.272. The zero-order valence-electron chi connectivity index (χ0n) is 13.5. The second-order valence-electron chi connectivity index (χ2n) is 6.67. The fourth-order valence-electron chi connectivity index (χ4n) is 2.98. The molecule has 1 heterocycles. The van der Waals surface area contributed by atoms with Gasteiger partial charge in [0.05, 0.1) is 10.6 Å². The van der Waals surface area contributed by atoms with Crippen LogP contribution in [0, 0.1) is 5.92 Å². The molecule has 0 atom stereocenters. The highest BCUT2D eigenvalue weighted by Crippen LogP contribution is 2.35. The minimum atomic E-state index is -4.56. The van der Waals surface area contributed by atoms with Crippen molar-refractivity contribution in [3.63, 3.8) is 0 Å². The lowest BCUT2D eigenvalue weighted by Gasteiger charge is -2.32. The number of nitrogens with zero attached hydrogens (tertiary/aromatic N) is 1. The van der Waals surface area contributed by atoms with Gasteiger partial charge >= 0.3 is 6.18 Å². The van der Waals surface area contributed by atoms with E-state index in [1.165, 1.54) is 17.1 Å². The normalized spacial score (nSPS) is 20.8. The topological polar surface area (TPSA) is 49.4 Å². The lowest BCUT2D eigenvalue weighted by Crippen LogP contribution is -2.45. The molecule has 0 bridgehead atoms. The monoisotopic (exact) mass is 396 g/mol. The number of halogens is 4. The Kier molecular flexibility index (Phi) is 5.35. The molecule has 1 N–H and O–H groups in total. The number of nitrogens with one attached hydrogen (secondary N) is 1. The van der Waals surface area contributed by atoms with Gasteiger partial charge in [0.15, 0.2) is 0 Å². The van der Waals surface area contributed by atoms with Crippen LogP contribution in [0.2, 0.25) is 5.02 Å². The Morgan fingerprint density at radius 3 is 2.32 bits per heavy atom. The van der Waals surface area contributed by atoms with Crippen LogP contribution >= 0.6 is 11.6 Å². The minimum Gasteiger partial charge on any atom is -0.314 e. The molecule has 1 aromatic rings. The molecule has 0 unspecified atom stereocenters. The van der Waals surface area contributed by atoms with E-state index in [0.717, 1.165) is 24.6 Å². The summed E-state index contributed by atoms with van der Waals surface area (Å²) in [6.45, 7) is 1.65. The molecule has 1 saturated carbocycles. The van der Waals surface area contributed by atoms with Crippen LogP contribution in [0.1, 0.15) is 31.2 Å². The van der Waals surface area contributed by atoms with Gasteiger partial charge in [0, 0.05) is 19.1 Å². The lowest BCUT2D eigenvalue weighted by atomic mass is 10.1. The zero-order valence-corrected chi connectivity index (χ0v) is 15.1. The van der Waals surface area contributed by atoms with Crippen molar-refractivity contribution in [1.29, 1.82) is 0 Å². The van der Waals surface area contributed by atoms with Crippen LogP contribution < -0.4 is 5.32 Å². The molecule has 2 aliphatic rings. The molecule has 1 aliphatic carbocycles. The van der Waals surface area contributed by atoms with Gasteiger partial charge in [-0.1, -0.05) is 11.6 Å². The molecule has 2 fully saturated rings. The molecule has 0 radical (unpaired) electrons. The van der Waals surface area contributed by atoms with Gasteiger partial charge in [-0.15, -0.1) is 0 Å². The number of hydrogen-bond donors (Lipinski definition) is 1. The largest absolute Gasteiger partial charge is 0.416 e. The van der Waals surface area contributed by atoms with Crippen LogP contribution in [0.15, 0.2) is 23.1 Å². The third kappa shape index (κ3) is 4.48. The highest BCUT2D eigenvalue weighted by Gasteiger charge is 2.35. The van der Waals surface area contributed by atoms with E-state index in [1.807, 2.05) is 0 Å². The first kappa shape index (κ1) is 18.9. The first-order valence-electron chi connectivity index (χ1n) is 8.28. The van der Waals surface area contributed by atoms with Crippen molar-refractivity contribution in [2.75, 3.05) is 19.6 Å². The predicted octanol–water partition coefficient (Wildman–Crippen LogP) is 3.51. The van der Waals surface area contributed by atoms with Gasteiger partial charge in [0.1, 0.15) is 4.90 Å². The third-order valence-corrected chi connectivity index (χ3v) is 7.10. The van der Waals surface area contributed by atoms with Crippen molar-refractivity contribution >= 4 is 21.6 Å². The fraction of sp³-hybridized carbons (Fsp3) is 0.625. The van der Waals surface area contributed by atoms with E-state index in [0.29, 0.717) is 32.0 Å². The predicted molar refractivity (Wildman–Crippen MR) is 89.0 cm³/mol. The first-order chi connectivity index (χ1) is 11.7. The Labute approximate surface area is 150 Å². The van der Waals surface area contributed by atoms with E-state index in [-0.39, 0.29) is 10.9 Å². The van der Waals surface area contributed by atoms with Gasteiger partial charge in [-0.05, 0) is 56.3 Å². The third-order valence-electron chi connectivity index (χ3n) is 4.72. The van der Waals surface area contributed by atoms with Gasteiger partial charge < -0.3 is 5.32 Å². The van der Waals surface area contributed by atoms with Gasteiger partial charge in [-0.25, -0.2) is 8.42 Å². The highest BCUT2D eigenvalue weighted by molar-refractivity contribution is 7.89. The average Bonchev–Trinajstić information content (AvgIpc) is 3.36. The van der Waals surface area contributed by atoms with Gasteiger partial charge in [-0.3, -0.25) is 0 Å². The molecule has 1 aliphatic heterocycles. The number of hydrogen-bond acceptors (Lipinski definition) is 3. The summed E-state index contributed by atoms with van der Waals surface area (Å²) in [6, 6.07) is 2.65. The molecule has 140 valence electrons. The Morgan fingerprint density at radius 2 is 1.80 bits per heavy atom. The number of sulfonamides is 1. The van der Waals surface area contributed by atoms with Gasteiger partial charge in [0.2, 0.25) is 10.0 Å². The molecule has 4 nitrogen and oxygen atoms in total.